The number of aromatic nitrogens is 4. The minimum absolute atomic E-state index is 0.0938. The van der Waals surface area contributed by atoms with Crippen LogP contribution < -0.4 is 5.73 Å². The summed E-state index contributed by atoms with van der Waals surface area (Å²) >= 11 is 0. The van der Waals surface area contributed by atoms with Crippen LogP contribution >= 0.6 is 7.52 Å². The number of carbonyl (C=O) groups is 1. The van der Waals surface area contributed by atoms with Gasteiger partial charge in [0.1, 0.15) is 24.2 Å². The van der Waals surface area contributed by atoms with Crippen LogP contribution in [-0.2, 0) is 29.9 Å². The van der Waals surface area contributed by atoms with E-state index in [0.29, 0.717) is 43.1 Å². The van der Waals surface area contributed by atoms with Crippen LogP contribution in [0.15, 0.2) is 12.7 Å². The van der Waals surface area contributed by atoms with E-state index in [9.17, 15) is 9.36 Å². The SMILES string of the molecule is CC(C)OC(=O)[C@H](C(C)C)N1CCCOP1(=O)COCCn1cnc2c(N)ncnc21. The van der Waals surface area contributed by atoms with Crippen molar-refractivity contribution in [1.82, 2.24) is 24.2 Å². The molecule has 1 unspecified atom stereocenters. The van der Waals surface area contributed by atoms with Crippen LogP contribution in [0.5, 0.6) is 0 Å². The number of rotatable bonds is 9. The summed E-state index contributed by atoms with van der Waals surface area (Å²) < 4.78 is 33.9. The number of esters is 1. The lowest BCUT2D eigenvalue weighted by atomic mass is 10.0. The van der Waals surface area contributed by atoms with E-state index in [0.717, 1.165) is 0 Å². The van der Waals surface area contributed by atoms with Gasteiger partial charge in [0.15, 0.2) is 11.5 Å². The van der Waals surface area contributed by atoms with Crippen LogP contribution in [0.25, 0.3) is 11.2 Å². The van der Waals surface area contributed by atoms with Gasteiger partial charge in [0, 0.05) is 13.1 Å². The predicted octanol–water partition coefficient (Wildman–Crippen LogP) is 2.27. The number of hydrogen-bond donors (Lipinski definition) is 1. The monoisotopic (exact) mass is 454 g/mol. The zero-order valence-corrected chi connectivity index (χ0v) is 19.3. The molecule has 2 aromatic rings. The van der Waals surface area contributed by atoms with E-state index < -0.39 is 19.5 Å². The highest BCUT2D eigenvalue weighted by Gasteiger charge is 2.44. The number of fused-ring (bicyclic) bond motifs is 1. The molecule has 31 heavy (non-hydrogen) atoms. The summed E-state index contributed by atoms with van der Waals surface area (Å²) in [7, 11) is -3.35. The fraction of sp³-hybridized carbons (Fsp3) is 0.684. The first-order chi connectivity index (χ1) is 14.7. The molecular formula is C19H31N6O5P. The summed E-state index contributed by atoms with van der Waals surface area (Å²) in [6, 6.07) is -0.658. The molecule has 0 radical (unpaired) electrons. The van der Waals surface area contributed by atoms with Gasteiger partial charge in [-0.2, -0.15) is 0 Å². The molecule has 1 aliphatic heterocycles. The lowest BCUT2D eigenvalue weighted by Crippen LogP contribution is -2.47. The van der Waals surface area contributed by atoms with Crippen molar-refractivity contribution >= 4 is 30.5 Å². The Morgan fingerprint density at radius 3 is 2.77 bits per heavy atom. The first-order valence-corrected chi connectivity index (χ1v) is 12.2. The second-order valence-corrected chi connectivity index (χ2v) is 10.4. The summed E-state index contributed by atoms with van der Waals surface area (Å²) in [5, 5.41) is 0. The third kappa shape index (κ3) is 5.41. The number of ether oxygens (including phenoxy) is 2. The number of nitrogens with zero attached hydrogens (tertiary/aromatic N) is 5. The molecule has 12 heteroatoms. The quantitative estimate of drug-likeness (QED) is 0.341. The highest BCUT2D eigenvalue weighted by molar-refractivity contribution is 7.56. The van der Waals surface area contributed by atoms with Crippen LogP contribution in [0.1, 0.15) is 34.1 Å². The standard InChI is InChI=1S/C19H31N6O5P/c1-13(2)16(19(26)30-14(3)4)25-6-5-8-29-31(25,27)12-28-9-7-24-11-23-15-17(20)21-10-22-18(15)24/h10-11,13-14,16H,5-9,12H2,1-4H3,(H2,20,21,22)/t16-,31?/m0/s1. The Kier molecular flexibility index (Phi) is 7.64. The molecule has 11 nitrogen and oxygen atoms in total. The zero-order valence-electron chi connectivity index (χ0n) is 18.4. The Balaban J connectivity index is 1.65. The van der Waals surface area contributed by atoms with Crippen LogP contribution in [0.2, 0.25) is 0 Å². The average Bonchev–Trinajstić information content (AvgIpc) is 3.11. The van der Waals surface area contributed by atoms with Crippen LogP contribution in [0, 0.1) is 5.92 Å². The normalized spacial score (nSPS) is 21.1. The molecule has 1 saturated heterocycles. The number of imidazole rings is 1. The number of nitrogen functional groups attached to an aromatic ring is 1. The van der Waals surface area contributed by atoms with Gasteiger partial charge in [0.05, 0.1) is 25.6 Å². The van der Waals surface area contributed by atoms with Crippen molar-refractivity contribution in [2.24, 2.45) is 5.92 Å². The summed E-state index contributed by atoms with van der Waals surface area (Å²) in [5.74, 6) is -0.171. The van der Waals surface area contributed by atoms with Crippen LogP contribution in [0.4, 0.5) is 5.82 Å². The average molecular weight is 454 g/mol. The fourth-order valence-electron chi connectivity index (χ4n) is 3.55. The second-order valence-electron chi connectivity index (χ2n) is 8.07. The molecule has 172 valence electrons. The molecular weight excluding hydrogens is 423 g/mol. The summed E-state index contributed by atoms with van der Waals surface area (Å²) in [4.78, 5) is 25.0. The van der Waals surface area contributed by atoms with Crippen molar-refractivity contribution in [3.63, 3.8) is 0 Å². The van der Waals surface area contributed by atoms with E-state index in [-0.39, 0.29) is 25.0 Å². The Morgan fingerprint density at radius 2 is 2.06 bits per heavy atom. The topological polar surface area (TPSA) is 135 Å². The largest absolute Gasteiger partial charge is 0.462 e. The molecule has 1 fully saturated rings. The van der Waals surface area contributed by atoms with Gasteiger partial charge in [0.25, 0.3) is 7.52 Å². The van der Waals surface area contributed by atoms with E-state index >= 15 is 0 Å². The van der Waals surface area contributed by atoms with Gasteiger partial charge in [0.2, 0.25) is 0 Å². The second kappa shape index (κ2) is 10.0. The molecule has 3 rings (SSSR count). The number of carbonyl (C=O) groups excluding carboxylic acids is 1. The molecule has 0 spiro atoms. The maximum absolute atomic E-state index is 13.6. The van der Waals surface area contributed by atoms with Crippen molar-refractivity contribution in [1.29, 1.82) is 0 Å². The summed E-state index contributed by atoms with van der Waals surface area (Å²) in [6.45, 7) is 8.96. The van der Waals surface area contributed by atoms with Gasteiger partial charge in [-0.1, -0.05) is 13.8 Å². The van der Waals surface area contributed by atoms with E-state index in [2.05, 4.69) is 15.0 Å². The number of hydrogen-bond acceptors (Lipinski definition) is 9. The zero-order chi connectivity index (χ0) is 22.6. The molecule has 0 amide bonds. The van der Waals surface area contributed by atoms with Gasteiger partial charge in [-0.15, -0.1) is 0 Å². The molecule has 2 aromatic heterocycles. The molecule has 0 aromatic carbocycles. The minimum atomic E-state index is -3.35. The van der Waals surface area contributed by atoms with Gasteiger partial charge >= 0.3 is 5.97 Å². The Hall–Kier alpha value is -2.07. The third-order valence-electron chi connectivity index (χ3n) is 4.92. The van der Waals surface area contributed by atoms with Gasteiger partial charge in [-0.05, 0) is 26.2 Å². The highest BCUT2D eigenvalue weighted by atomic mass is 31.2. The Morgan fingerprint density at radius 1 is 1.29 bits per heavy atom. The van der Waals surface area contributed by atoms with Crippen LogP contribution in [0.3, 0.4) is 0 Å². The smallest absolute Gasteiger partial charge is 0.324 e. The molecule has 0 aliphatic carbocycles. The van der Waals surface area contributed by atoms with E-state index in [1.165, 1.54) is 6.33 Å². The fourth-order valence-corrected chi connectivity index (χ4v) is 5.88. The van der Waals surface area contributed by atoms with Crippen molar-refractivity contribution in [2.75, 3.05) is 31.8 Å². The minimum Gasteiger partial charge on any atom is -0.462 e. The van der Waals surface area contributed by atoms with Crippen molar-refractivity contribution in [3.05, 3.63) is 12.7 Å². The number of nitrogens with two attached hydrogens (primary N) is 1. The van der Waals surface area contributed by atoms with Gasteiger partial charge in [-0.3, -0.25) is 9.36 Å². The molecule has 1 aliphatic rings. The summed E-state index contributed by atoms with van der Waals surface area (Å²) in [6.07, 6.45) is 3.31. The van der Waals surface area contributed by atoms with Crippen molar-refractivity contribution < 1.29 is 23.4 Å². The predicted molar refractivity (Wildman–Crippen MR) is 115 cm³/mol. The number of anilines is 1. The Bertz CT molecular complexity index is 949. The summed E-state index contributed by atoms with van der Waals surface area (Å²) in [5.41, 5.74) is 6.94. The maximum Gasteiger partial charge on any atom is 0.324 e. The first kappa shape index (κ1) is 23.6. The molecule has 0 saturated carbocycles. The lowest BCUT2D eigenvalue weighted by molar-refractivity contribution is -0.154. The van der Waals surface area contributed by atoms with E-state index in [1.54, 1.807) is 29.4 Å². The molecule has 3 heterocycles. The molecule has 2 atom stereocenters. The molecule has 2 N–H and O–H groups in total. The lowest BCUT2D eigenvalue weighted by Gasteiger charge is -2.40. The van der Waals surface area contributed by atoms with E-state index in [1.807, 2.05) is 13.8 Å². The Labute approximate surface area is 181 Å². The molecule has 0 bridgehead atoms. The van der Waals surface area contributed by atoms with Crippen LogP contribution in [-0.4, -0.2) is 68.4 Å². The maximum atomic E-state index is 13.6. The van der Waals surface area contributed by atoms with Crippen molar-refractivity contribution in [3.8, 4) is 0 Å². The third-order valence-corrected chi connectivity index (χ3v) is 7.25. The van der Waals surface area contributed by atoms with Crippen molar-refractivity contribution in [2.45, 2.75) is 52.8 Å². The highest BCUT2D eigenvalue weighted by Crippen LogP contribution is 2.55. The van der Waals surface area contributed by atoms with Gasteiger partial charge < -0.3 is 24.3 Å². The van der Waals surface area contributed by atoms with E-state index in [4.69, 9.17) is 19.7 Å². The first-order valence-electron chi connectivity index (χ1n) is 10.4. The van der Waals surface area contributed by atoms with Gasteiger partial charge in [-0.25, -0.2) is 19.6 Å².